The molecule has 0 radical (unpaired) electrons. The van der Waals surface area contributed by atoms with Crippen molar-refractivity contribution in [2.24, 2.45) is 0 Å². The first kappa shape index (κ1) is 20.1. The van der Waals surface area contributed by atoms with Crippen molar-refractivity contribution in [1.82, 2.24) is 16.0 Å². The summed E-state index contributed by atoms with van der Waals surface area (Å²) in [6, 6.07) is 17.4. The summed E-state index contributed by atoms with van der Waals surface area (Å²) in [7, 11) is 2.06. The fraction of sp³-hybridized carbons (Fsp3) is 0.391. The topological polar surface area (TPSA) is 27.3 Å². The van der Waals surface area contributed by atoms with Crippen molar-refractivity contribution in [3.63, 3.8) is 0 Å². The van der Waals surface area contributed by atoms with Crippen molar-refractivity contribution in [2.75, 3.05) is 7.05 Å². The lowest BCUT2D eigenvalue weighted by Gasteiger charge is -2.24. The van der Waals surface area contributed by atoms with Crippen LogP contribution < -0.4 is 11.0 Å². The molecule has 3 nitrogen and oxygen atoms in total. The molecule has 1 aliphatic heterocycles. The Morgan fingerprint density at radius 1 is 0.962 bits per heavy atom. The van der Waals surface area contributed by atoms with Crippen LogP contribution in [0.4, 0.5) is 0 Å². The highest BCUT2D eigenvalue weighted by Crippen LogP contribution is 2.38. The summed E-state index contributed by atoms with van der Waals surface area (Å²) >= 11 is 0. The molecule has 26 heavy (non-hydrogen) atoms. The van der Waals surface area contributed by atoms with Gasteiger partial charge in [0.25, 0.3) is 0 Å². The van der Waals surface area contributed by atoms with Crippen molar-refractivity contribution >= 4 is 11.4 Å². The van der Waals surface area contributed by atoms with Crippen LogP contribution in [-0.4, -0.2) is 12.1 Å². The number of hydrogen-bond acceptors (Lipinski definition) is 3. The van der Waals surface area contributed by atoms with Crippen molar-refractivity contribution in [2.45, 2.75) is 53.4 Å². The Kier molecular flexibility index (Phi) is 7.28. The van der Waals surface area contributed by atoms with Gasteiger partial charge in [0, 0.05) is 18.2 Å². The van der Waals surface area contributed by atoms with Crippen LogP contribution in [0, 0.1) is 0 Å². The van der Waals surface area contributed by atoms with Crippen LogP contribution in [0.1, 0.15) is 69.2 Å². The van der Waals surface area contributed by atoms with Crippen molar-refractivity contribution < 1.29 is 0 Å². The summed E-state index contributed by atoms with van der Waals surface area (Å²) in [5, 5.41) is 2.07. The number of hydrogen-bond donors (Lipinski definition) is 2. The SMILES string of the molecule is CC.CC1Cc2ccccc2C2=C(c3ccccc31)N(C)NN2.CCC. The number of rotatable bonds is 0. The molecule has 4 rings (SSSR count). The monoisotopic (exact) mass is 351 g/mol. The molecule has 140 valence electrons. The van der Waals surface area contributed by atoms with Crippen LogP contribution >= 0.6 is 0 Å². The van der Waals surface area contributed by atoms with Crippen LogP contribution in [0.2, 0.25) is 0 Å². The molecule has 0 aromatic heterocycles. The Hall–Kier alpha value is -2.26. The normalized spacial score (nSPS) is 17.2. The van der Waals surface area contributed by atoms with E-state index in [0.717, 1.165) is 6.42 Å². The van der Waals surface area contributed by atoms with Crippen molar-refractivity contribution in [1.29, 1.82) is 0 Å². The number of fused-ring (bicyclic) bond motifs is 4. The maximum atomic E-state index is 3.34. The third-order valence-electron chi connectivity index (χ3n) is 4.48. The Labute approximate surface area is 159 Å². The third-order valence-corrected chi connectivity index (χ3v) is 4.48. The van der Waals surface area contributed by atoms with E-state index >= 15 is 0 Å². The summed E-state index contributed by atoms with van der Waals surface area (Å²) < 4.78 is 0. The van der Waals surface area contributed by atoms with E-state index in [0.29, 0.717) is 5.92 Å². The molecule has 2 aliphatic rings. The second-order valence-electron chi connectivity index (χ2n) is 6.58. The van der Waals surface area contributed by atoms with Gasteiger partial charge in [-0.1, -0.05) is 89.6 Å². The first-order valence-electron chi connectivity index (χ1n) is 9.84. The molecule has 2 aromatic rings. The molecule has 1 aliphatic carbocycles. The van der Waals surface area contributed by atoms with Gasteiger partial charge < -0.3 is 5.43 Å². The molecule has 1 heterocycles. The largest absolute Gasteiger partial charge is 0.301 e. The van der Waals surface area contributed by atoms with Gasteiger partial charge in [-0.05, 0) is 23.5 Å². The fourth-order valence-electron chi connectivity index (χ4n) is 3.46. The lowest BCUT2D eigenvalue weighted by molar-refractivity contribution is 0.345. The lowest BCUT2D eigenvalue weighted by Crippen LogP contribution is -2.34. The highest BCUT2D eigenvalue weighted by atomic mass is 15.7. The van der Waals surface area contributed by atoms with Crippen LogP contribution in [0.15, 0.2) is 48.5 Å². The van der Waals surface area contributed by atoms with E-state index in [1.807, 2.05) is 13.8 Å². The van der Waals surface area contributed by atoms with E-state index in [-0.39, 0.29) is 0 Å². The summed E-state index contributed by atoms with van der Waals surface area (Å²) in [4.78, 5) is 0. The standard InChI is InChI=1S/C18H19N3.C3H8.C2H6/c1-12-11-13-7-3-4-9-15(13)17-18(21(2)20-19-17)16-10-6-5-8-14(12)16;1-3-2;1-2/h3-10,12,19-20H,11H2,1-2H3;3H2,1-2H3;1-2H3. The minimum absolute atomic E-state index is 0.505. The van der Waals surface area contributed by atoms with Gasteiger partial charge in [-0.2, -0.15) is 0 Å². The van der Waals surface area contributed by atoms with Gasteiger partial charge in [-0.25, -0.2) is 0 Å². The predicted octanol–water partition coefficient (Wildman–Crippen LogP) is 5.57. The molecular weight excluding hydrogens is 318 g/mol. The first-order chi connectivity index (χ1) is 12.7. The number of hydrazine groups is 2. The third kappa shape index (κ3) is 3.94. The lowest BCUT2D eigenvalue weighted by atomic mass is 9.84. The van der Waals surface area contributed by atoms with E-state index < -0.39 is 0 Å². The summed E-state index contributed by atoms with van der Waals surface area (Å²) in [6.45, 7) is 10.6. The van der Waals surface area contributed by atoms with E-state index in [2.05, 4.69) is 92.3 Å². The molecule has 3 heteroatoms. The van der Waals surface area contributed by atoms with Gasteiger partial charge in [0.05, 0.1) is 11.4 Å². The molecule has 1 unspecified atom stereocenters. The molecular formula is C23H33N3. The first-order valence-corrected chi connectivity index (χ1v) is 9.84. The van der Waals surface area contributed by atoms with E-state index in [1.165, 1.54) is 40.1 Å². The van der Waals surface area contributed by atoms with E-state index in [9.17, 15) is 0 Å². The summed E-state index contributed by atoms with van der Waals surface area (Å²) in [5.41, 5.74) is 14.4. The Morgan fingerprint density at radius 2 is 1.54 bits per heavy atom. The average Bonchev–Trinajstić information content (AvgIpc) is 3.04. The van der Waals surface area contributed by atoms with Gasteiger partial charge in [-0.15, -0.1) is 5.53 Å². The number of nitrogens with zero attached hydrogens (tertiary/aromatic N) is 1. The highest BCUT2D eigenvalue weighted by molar-refractivity contribution is 5.92. The molecule has 0 saturated carbocycles. The van der Waals surface area contributed by atoms with Gasteiger partial charge in [0.15, 0.2) is 0 Å². The minimum Gasteiger partial charge on any atom is -0.301 e. The molecule has 0 saturated heterocycles. The van der Waals surface area contributed by atoms with Gasteiger partial charge in [0.1, 0.15) is 0 Å². The maximum Gasteiger partial charge on any atom is 0.0860 e. The Morgan fingerprint density at radius 3 is 2.23 bits per heavy atom. The molecule has 0 fully saturated rings. The Balaban J connectivity index is 0.000000444. The van der Waals surface area contributed by atoms with Crippen LogP contribution in [-0.2, 0) is 6.42 Å². The number of benzene rings is 2. The van der Waals surface area contributed by atoms with Gasteiger partial charge in [-0.3, -0.25) is 5.01 Å². The maximum absolute atomic E-state index is 3.34. The zero-order chi connectivity index (χ0) is 19.1. The second-order valence-corrected chi connectivity index (χ2v) is 6.58. The highest BCUT2D eigenvalue weighted by Gasteiger charge is 2.28. The zero-order valence-electron chi connectivity index (χ0n) is 17.1. The summed E-state index contributed by atoms with van der Waals surface area (Å²) in [6.07, 6.45) is 2.31. The number of nitrogens with one attached hydrogen (secondary N) is 2. The average molecular weight is 352 g/mol. The van der Waals surface area contributed by atoms with Crippen LogP contribution in [0.25, 0.3) is 11.4 Å². The van der Waals surface area contributed by atoms with Crippen molar-refractivity contribution in [3.8, 4) is 0 Å². The summed E-state index contributed by atoms with van der Waals surface area (Å²) in [5.74, 6) is 0.505. The Bertz CT molecular complexity index is 749. The zero-order valence-corrected chi connectivity index (χ0v) is 17.1. The molecule has 2 aromatic carbocycles. The van der Waals surface area contributed by atoms with Crippen LogP contribution in [0.5, 0.6) is 0 Å². The molecule has 0 bridgehead atoms. The molecule has 1 atom stereocenters. The molecule has 2 N–H and O–H groups in total. The van der Waals surface area contributed by atoms with Crippen molar-refractivity contribution in [3.05, 3.63) is 70.8 Å². The van der Waals surface area contributed by atoms with E-state index in [4.69, 9.17) is 0 Å². The van der Waals surface area contributed by atoms with Gasteiger partial charge >= 0.3 is 0 Å². The molecule has 0 spiro atoms. The van der Waals surface area contributed by atoms with Gasteiger partial charge in [0.2, 0.25) is 0 Å². The quantitative estimate of drug-likeness (QED) is 0.650. The molecule has 0 amide bonds. The fourth-order valence-corrected chi connectivity index (χ4v) is 3.46. The smallest absolute Gasteiger partial charge is 0.0860 e. The van der Waals surface area contributed by atoms with Crippen LogP contribution in [0.3, 0.4) is 0 Å². The second kappa shape index (κ2) is 9.44. The minimum atomic E-state index is 0.505. The predicted molar refractivity (Wildman–Crippen MR) is 113 cm³/mol. The van der Waals surface area contributed by atoms with E-state index in [1.54, 1.807) is 0 Å².